The highest BCUT2D eigenvalue weighted by molar-refractivity contribution is 6.67. The molecule has 3 atom stereocenters. The molecule has 0 aliphatic carbocycles. The molecule has 2 fully saturated rings. The number of ether oxygens (including phenoxy) is 2. The van der Waals surface area contributed by atoms with Gasteiger partial charge in [0.15, 0.2) is 0 Å². The average Bonchev–Trinajstić information content (AvgIpc) is 2.97. The van der Waals surface area contributed by atoms with Crippen LogP contribution in [0.3, 0.4) is 0 Å². The van der Waals surface area contributed by atoms with Crippen molar-refractivity contribution in [1.29, 1.82) is 0 Å². The molecule has 2 heterocycles. The van der Waals surface area contributed by atoms with Crippen molar-refractivity contribution < 1.29 is 23.9 Å². The largest absolute Gasteiger partial charge is 0.458 e. The van der Waals surface area contributed by atoms with Crippen LogP contribution in [-0.4, -0.2) is 57.0 Å². The molecule has 10 heteroatoms. The summed E-state index contributed by atoms with van der Waals surface area (Å²) >= 11 is 16.6. The van der Waals surface area contributed by atoms with Gasteiger partial charge in [0.05, 0.1) is 12.1 Å². The molecule has 0 bridgehead atoms. The Bertz CT molecular complexity index is 558. The maximum Gasteiger partial charge on any atom is 0.407 e. The Balaban J connectivity index is 1.96. The summed E-state index contributed by atoms with van der Waals surface area (Å²) in [6, 6.07) is -1.35. The minimum atomic E-state index is -1.70. The quantitative estimate of drug-likeness (QED) is 0.565. The Kier molecular flexibility index (Phi) is 6.01. The number of hydrogen-bond donors (Lipinski definition) is 1. The number of alkyl halides is 3. The van der Waals surface area contributed by atoms with Crippen molar-refractivity contribution in [2.75, 3.05) is 6.61 Å². The number of amides is 2. The van der Waals surface area contributed by atoms with Gasteiger partial charge >= 0.3 is 12.1 Å². The van der Waals surface area contributed by atoms with E-state index in [1.165, 1.54) is 4.90 Å². The zero-order chi connectivity index (χ0) is 19.0. The molecule has 25 heavy (non-hydrogen) atoms. The van der Waals surface area contributed by atoms with Gasteiger partial charge in [0, 0.05) is 6.42 Å². The van der Waals surface area contributed by atoms with Crippen LogP contribution in [0, 0.1) is 0 Å². The van der Waals surface area contributed by atoms with Crippen LogP contribution >= 0.6 is 34.8 Å². The van der Waals surface area contributed by atoms with E-state index in [4.69, 9.17) is 44.3 Å². The Morgan fingerprint density at radius 1 is 1.24 bits per heavy atom. The number of hydrogen-bond acceptors (Lipinski definition) is 5. The number of fused-ring (bicyclic) bond motifs is 1. The lowest BCUT2D eigenvalue weighted by molar-refractivity contribution is -0.163. The van der Waals surface area contributed by atoms with E-state index in [0.717, 1.165) is 0 Å². The Labute approximate surface area is 161 Å². The number of nitrogens with zero attached hydrogens (tertiary/aromatic N) is 1. The Hall–Kier alpha value is -0.920. The van der Waals surface area contributed by atoms with Gasteiger partial charge in [0.2, 0.25) is 9.70 Å². The first-order valence-corrected chi connectivity index (χ1v) is 9.05. The molecule has 0 saturated carbocycles. The summed E-state index contributed by atoms with van der Waals surface area (Å²) in [5.74, 6) is -0.632. The fourth-order valence-electron chi connectivity index (χ4n) is 3.11. The van der Waals surface area contributed by atoms with E-state index in [1.807, 2.05) is 0 Å². The molecule has 2 rings (SSSR count). The molecule has 1 N–H and O–H groups in total. The summed E-state index contributed by atoms with van der Waals surface area (Å²) in [6.07, 6.45) is 0.400. The number of nitrogens with one attached hydrogen (secondary N) is 1. The number of alkyl carbamates (subject to hydrolysis) is 1. The molecule has 0 radical (unpaired) electrons. The minimum absolute atomic E-state index is 0.0901. The second-order valence-corrected chi connectivity index (χ2v) is 9.66. The van der Waals surface area contributed by atoms with Gasteiger partial charge in [-0.25, -0.2) is 9.59 Å². The van der Waals surface area contributed by atoms with E-state index in [0.29, 0.717) is 12.8 Å². The number of rotatable bonds is 3. The Morgan fingerprint density at radius 2 is 1.88 bits per heavy atom. The molecule has 0 spiro atoms. The van der Waals surface area contributed by atoms with E-state index in [2.05, 4.69) is 5.32 Å². The zero-order valence-corrected chi connectivity index (χ0v) is 16.5. The highest BCUT2D eigenvalue weighted by Gasteiger charge is 2.51. The lowest BCUT2D eigenvalue weighted by atomic mass is 10.1. The lowest BCUT2D eigenvalue weighted by Gasteiger charge is -2.28. The Morgan fingerprint density at radius 3 is 2.44 bits per heavy atom. The van der Waals surface area contributed by atoms with Crippen LogP contribution in [-0.2, 0) is 19.1 Å². The number of halogens is 3. The van der Waals surface area contributed by atoms with E-state index in [-0.39, 0.29) is 18.4 Å². The molecule has 0 aromatic rings. The fourth-order valence-corrected chi connectivity index (χ4v) is 3.27. The highest BCUT2D eigenvalue weighted by atomic mass is 35.6. The molecule has 2 aliphatic rings. The fraction of sp³-hybridized carbons (Fsp3) is 0.800. The van der Waals surface area contributed by atoms with Gasteiger partial charge in [0.1, 0.15) is 18.2 Å². The monoisotopic (exact) mass is 414 g/mol. The zero-order valence-electron chi connectivity index (χ0n) is 14.2. The lowest BCUT2D eigenvalue weighted by Crippen LogP contribution is -2.47. The third kappa shape index (κ3) is 5.53. The van der Waals surface area contributed by atoms with Gasteiger partial charge in [-0.3, -0.25) is 4.79 Å². The van der Waals surface area contributed by atoms with Crippen molar-refractivity contribution >= 4 is 52.8 Å². The predicted molar refractivity (Wildman–Crippen MR) is 92.7 cm³/mol. The number of esters is 1. The van der Waals surface area contributed by atoms with Crippen molar-refractivity contribution in [3.05, 3.63) is 0 Å². The van der Waals surface area contributed by atoms with Gasteiger partial charge in [-0.2, -0.15) is 0 Å². The third-order valence-electron chi connectivity index (χ3n) is 3.92. The summed E-state index contributed by atoms with van der Waals surface area (Å²) in [6.45, 7) is 4.91. The van der Waals surface area contributed by atoms with Crippen LogP contribution < -0.4 is 5.32 Å². The van der Waals surface area contributed by atoms with Gasteiger partial charge in [-0.05, 0) is 33.6 Å². The van der Waals surface area contributed by atoms with Gasteiger partial charge < -0.3 is 19.7 Å². The molecule has 0 unspecified atom stereocenters. The number of carbonyl (C=O) groups excluding carboxylic acids is 3. The summed E-state index contributed by atoms with van der Waals surface area (Å²) in [7, 11) is 0. The first-order chi connectivity index (χ1) is 11.4. The first kappa shape index (κ1) is 20.4. The summed E-state index contributed by atoms with van der Waals surface area (Å²) in [5.41, 5.74) is -0.628. The van der Waals surface area contributed by atoms with Crippen molar-refractivity contribution in [3.8, 4) is 0 Å². The molecule has 0 aromatic carbocycles. The van der Waals surface area contributed by atoms with Gasteiger partial charge in [-0.1, -0.05) is 34.8 Å². The molecule has 2 saturated heterocycles. The average molecular weight is 416 g/mol. The summed E-state index contributed by atoms with van der Waals surface area (Å²) in [5, 5.41) is 2.61. The van der Waals surface area contributed by atoms with Crippen molar-refractivity contribution in [3.63, 3.8) is 0 Å². The molecular weight excluding hydrogens is 395 g/mol. The second-order valence-electron chi connectivity index (χ2n) is 7.14. The molecule has 0 aromatic heterocycles. The van der Waals surface area contributed by atoms with Gasteiger partial charge in [-0.15, -0.1) is 0 Å². The maximum atomic E-state index is 12.3. The van der Waals surface area contributed by atoms with Crippen LogP contribution in [0.15, 0.2) is 0 Å². The van der Waals surface area contributed by atoms with E-state index < -0.39 is 40.1 Å². The van der Waals surface area contributed by atoms with Crippen LogP contribution in [0.4, 0.5) is 4.79 Å². The topological polar surface area (TPSA) is 84.9 Å². The third-order valence-corrected chi connectivity index (χ3v) is 4.25. The SMILES string of the molecule is CC(C)(C)OC(=O)[C@@H]1CC[C@H]2[C@@H](NC(=O)OCC(Cl)(Cl)Cl)CC(=O)N12. The molecule has 7 nitrogen and oxygen atoms in total. The molecular formula is C15H21Cl3N2O5. The highest BCUT2D eigenvalue weighted by Crippen LogP contribution is 2.35. The van der Waals surface area contributed by atoms with E-state index in [9.17, 15) is 14.4 Å². The van der Waals surface area contributed by atoms with Gasteiger partial charge in [0.25, 0.3) is 0 Å². The minimum Gasteiger partial charge on any atom is -0.458 e. The van der Waals surface area contributed by atoms with E-state index >= 15 is 0 Å². The van der Waals surface area contributed by atoms with Crippen LogP contribution in [0.25, 0.3) is 0 Å². The summed E-state index contributed by atoms with van der Waals surface area (Å²) < 4.78 is 8.50. The standard InChI is InChI=1S/C15H21Cl3N2O5/c1-14(2,3)25-12(22)10-5-4-9-8(6-11(21)20(9)10)19-13(23)24-7-15(16,17)18/h8-10H,4-7H2,1-3H3,(H,19,23)/t8-,9-,10-/m0/s1. The van der Waals surface area contributed by atoms with Crippen LogP contribution in [0.5, 0.6) is 0 Å². The molecule has 142 valence electrons. The molecule has 2 aliphatic heterocycles. The van der Waals surface area contributed by atoms with Crippen LogP contribution in [0.1, 0.15) is 40.0 Å². The van der Waals surface area contributed by atoms with Crippen LogP contribution in [0.2, 0.25) is 0 Å². The summed E-state index contributed by atoms with van der Waals surface area (Å²) in [4.78, 5) is 37.9. The smallest absolute Gasteiger partial charge is 0.407 e. The normalized spacial score (nSPS) is 26.4. The molecule has 2 amide bonds. The van der Waals surface area contributed by atoms with Crippen molar-refractivity contribution in [2.45, 2.75) is 67.6 Å². The predicted octanol–water partition coefficient (Wildman–Crippen LogP) is 2.56. The maximum absolute atomic E-state index is 12.3. The second kappa shape index (κ2) is 7.37. The first-order valence-electron chi connectivity index (χ1n) is 7.91. The van der Waals surface area contributed by atoms with Crippen molar-refractivity contribution in [1.82, 2.24) is 10.2 Å². The van der Waals surface area contributed by atoms with Crippen molar-refractivity contribution in [2.24, 2.45) is 0 Å². The van der Waals surface area contributed by atoms with E-state index in [1.54, 1.807) is 20.8 Å². The number of carbonyl (C=O) groups is 3.